The molecule has 4 rings (SSSR count). The fourth-order valence-corrected chi connectivity index (χ4v) is 4.43. The van der Waals surface area contributed by atoms with E-state index in [4.69, 9.17) is 4.74 Å². The minimum Gasteiger partial charge on any atom is -0.381 e. The number of hydrogen-bond acceptors (Lipinski definition) is 2. The number of halogens is 1. The Kier molecular flexibility index (Phi) is 6.52. The normalized spacial score (nSPS) is 15.5. The van der Waals surface area contributed by atoms with Crippen molar-refractivity contribution in [3.63, 3.8) is 0 Å². The van der Waals surface area contributed by atoms with E-state index >= 15 is 0 Å². The lowest BCUT2D eigenvalue weighted by molar-refractivity contribution is 0.0501. The summed E-state index contributed by atoms with van der Waals surface area (Å²) in [5.74, 6) is -0.248. The van der Waals surface area contributed by atoms with Crippen LogP contribution in [0.4, 0.5) is 9.18 Å². The molecule has 1 heterocycles. The molecule has 2 amide bonds. The molecule has 1 N–H and O–H groups in total. The van der Waals surface area contributed by atoms with Crippen LogP contribution in [0.1, 0.15) is 24.0 Å². The minimum atomic E-state index is -0.299. The van der Waals surface area contributed by atoms with Crippen LogP contribution in [-0.2, 0) is 16.6 Å². The predicted molar refractivity (Wildman–Crippen MR) is 122 cm³/mol. The smallest absolute Gasteiger partial charge is 0.317 e. The molecule has 0 atom stereocenters. The van der Waals surface area contributed by atoms with Crippen LogP contribution in [0.15, 0.2) is 66.7 Å². The Morgan fingerprint density at radius 3 is 2.61 bits per heavy atom. The zero-order chi connectivity index (χ0) is 21.7. The molecule has 0 spiro atoms. The number of urea groups is 1. The first-order valence-corrected chi connectivity index (χ1v) is 10.9. The van der Waals surface area contributed by atoms with Gasteiger partial charge in [-0.1, -0.05) is 54.6 Å². The van der Waals surface area contributed by atoms with Crippen LogP contribution in [0.25, 0.3) is 10.8 Å². The van der Waals surface area contributed by atoms with Gasteiger partial charge in [-0.2, -0.15) is 0 Å². The summed E-state index contributed by atoms with van der Waals surface area (Å²) in [7, 11) is 1.82. The molecule has 0 bridgehead atoms. The number of fused-ring (bicyclic) bond motifs is 1. The van der Waals surface area contributed by atoms with Crippen LogP contribution in [-0.4, -0.2) is 44.3 Å². The molecule has 1 aliphatic heterocycles. The highest BCUT2D eigenvalue weighted by atomic mass is 19.1. The summed E-state index contributed by atoms with van der Waals surface area (Å²) < 4.78 is 19.4. The van der Waals surface area contributed by atoms with Gasteiger partial charge in [0, 0.05) is 38.8 Å². The van der Waals surface area contributed by atoms with Crippen molar-refractivity contribution >= 4 is 16.8 Å². The van der Waals surface area contributed by atoms with Gasteiger partial charge in [0.2, 0.25) is 0 Å². The fraction of sp³-hybridized carbons (Fsp3) is 0.346. The maximum absolute atomic E-state index is 13.9. The van der Waals surface area contributed by atoms with Crippen LogP contribution in [0.2, 0.25) is 0 Å². The second-order valence-corrected chi connectivity index (χ2v) is 8.37. The Morgan fingerprint density at radius 1 is 1.06 bits per heavy atom. The third-order valence-electron chi connectivity index (χ3n) is 6.41. The van der Waals surface area contributed by atoms with Crippen LogP contribution in [0.3, 0.4) is 0 Å². The first-order valence-electron chi connectivity index (χ1n) is 10.9. The number of nitrogens with zero attached hydrogens (tertiary/aromatic N) is 1. The summed E-state index contributed by atoms with van der Waals surface area (Å²) >= 11 is 0. The third kappa shape index (κ3) is 4.88. The molecule has 162 valence electrons. The van der Waals surface area contributed by atoms with E-state index in [1.807, 2.05) is 25.2 Å². The Hall–Kier alpha value is -2.92. The Morgan fingerprint density at radius 2 is 1.81 bits per heavy atom. The number of hydrogen-bond donors (Lipinski definition) is 1. The zero-order valence-electron chi connectivity index (χ0n) is 17.9. The number of likely N-dealkylation sites (N-methyl/N-ethyl adjacent to an activating group) is 1. The molecule has 5 heteroatoms. The van der Waals surface area contributed by atoms with E-state index < -0.39 is 0 Å². The molecule has 0 unspecified atom stereocenters. The Balaban J connectivity index is 1.39. The average molecular weight is 421 g/mol. The van der Waals surface area contributed by atoms with Gasteiger partial charge in [0.15, 0.2) is 0 Å². The van der Waals surface area contributed by atoms with Crippen LogP contribution in [0, 0.1) is 5.82 Å². The molecule has 31 heavy (non-hydrogen) atoms. The highest BCUT2D eigenvalue weighted by molar-refractivity contribution is 5.85. The van der Waals surface area contributed by atoms with E-state index in [1.54, 1.807) is 17.0 Å². The van der Waals surface area contributed by atoms with Gasteiger partial charge < -0.3 is 15.0 Å². The van der Waals surface area contributed by atoms with Gasteiger partial charge in [-0.15, -0.1) is 0 Å². The number of rotatable bonds is 6. The second-order valence-electron chi connectivity index (χ2n) is 8.37. The van der Waals surface area contributed by atoms with Gasteiger partial charge in [0.1, 0.15) is 5.82 Å². The summed E-state index contributed by atoms with van der Waals surface area (Å²) in [6.07, 6.45) is 2.31. The number of benzene rings is 3. The fourth-order valence-electron chi connectivity index (χ4n) is 4.43. The lowest BCUT2D eigenvalue weighted by atomic mass is 9.74. The second kappa shape index (κ2) is 9.48. The van der Waals surface area contributed by atoms with Gasteiger partial charge in [0.05, 0.1) is 0 Å². The number of carbonyl (C=O) groups excluding carboxylic acids is 1. The molecule has 3 aromatic carbocycles. The molecule has 0 radical (unpaired) electrons. The molecule has 3 aromatic rings. The predicted octanol–water partition coefficient (Wildman–Crippen LogP) is 4.91. The van der Waals surface area contributed by atoms with Gasteiger partial charge >= 0.3 is 6.03 Å². The summed E-state index contributed by atoms with van der Waals surface area (Å²) in [4.78, 5) is 14.5. The van der Waals surface area contributed by atoms with Crippen molar-refractivity contribution in [3.8, 4) is 0 Å². The lowest BCUT2D eigenvalue weighted by Crippen LogP contribution is -2.48. The van der Waals surface area contributed by atoms with Gasteiger partial charge in [-0.05, 0) is 53.3 Å². The third-order valence-corrected chi connectivity index (χ3v) is 6.41. The summed E-state index contributed by atoms with van der Waals surface area (Å²) in [5, 5.41) is 5.53. The molecule has 1 saturated heterocycles. The monoisotopic (exact) mass is 420 g/mol. The highest BCUT2D eigenvalue weighted by Gasteiger charge is 2.35. The summed E-state index contributed by atoms with van der Waals surface area (Å²) in [6, 6.07) is 21.2. The van der Waals surface area contributed by atoms with Crippen LogP contribution in [0.5, 0.6) is 0 Å². The van der Waals surface area contributed by atoms with Crippen molar-refractivity contribution in [1.29, 1.82) is 0 Å². The highest BCUT2D eigenvalue weighted by Crippen LogP contribution is 2.34. The topological polar surface area (TPSA) is 41.6 Å². The molecule has 4 nitrogen and oxygen atoms in total. The molecule has 0 saturated carbocycles. The van der Waals surface area contributed by atoms with Crippen LogP contribution < -0.4 is 5.32 Å². The van der Waals surface area contributed by atoms with Gasteiger partial charge in [-0.25, -0.2) is 9.18 Å². The van der Waals surface area contributed by atoms with E-state index in [1.165, 1.54) is 22.4 Å². The first-order chi connectivity index (χ1) is 15.1. The van der Waals surface area contributed by atoms with Gasteiger partial charge in [0.25, 0.3) is 0 Å². The van der Waals surface area contributed by atoms with Crippen LogP contribution >= 0.6 is 0 Å². The number of carbonyl (C=O) groups is 1. The Bertz CT molecular complexity index is 1040. The standard InChI is InChI=1S/C26H29FN2O2/c1-29(15-12-21-8-4-7-20-6-2-3-11-24(20)21)25(30)28-19-26(13-16-31-17-14-26)22-9-5-10-23(27)18-22/h2-11,18H,12-17,19H2,1H3,(H,28,30). The minimum absolute atomic E-state index is 0.109. The first kappa shape index (κ1) is 21.3. The van der Waals surface area contributed by atoms with E-state index in [2.05, 4.69) is 35.6 Å². The van der Waals surface area contributed by atoms with E-state index in [9.17, 15) is 9.18 Å². The largest absolute Gasteiger partial charge is 0.381 e. The van der Waals surface area contributed by atoms with E-state index in [0.717, 1.165) is 24.8 Å². The number of nitrogens with one attached hydrogen (secondary N) is 1. The maximum Gasteiger partial charge on any atom is 0.317 e. The molecular formula is C26H29FN2O2. The zero-order valence-corrected chi connectivity index (χ0v) is 17.9. The van der Waals surface area contributed by atoms with Crippen molar-refractivity contribution in [3.05, 3.63) is 83.7 Å². The SMILES string of the molecule is CN(CCc1cccc2ccccc12)C(=O)NCC1(c2cccc(F)c2)CCOCC1. The average Bonchev–Trinajstić information content (AvgIpc) is 2.81. The molecule has 0 aromatic heterocycles. The van der Waals surface area contributed by atoms with E-state index in [-0.39, 0.29) is 17.3 Å². The van der Waals surface area contributed by atoms with Crippen molar-refractivity contribution in [2.45, 2.75) is 24.7 Å². The lowest BCUT2D eigenvalue weighted by Gasteiger charge is -2.38. The number of amides is 2. The molecule has 1 fully saturated rings. The van der Waals surface area contributed by atoms with Crippen molar-refractivity contribution in [2.24, 2.45) is 0 Å². The molecule has 0 aliphatic carbocycles. The van der Waals surface area contributed by atoms with Gasteiger partial charge in [-0.3, -0.25) is 0 Å². The van der Waals surface area contributed by atoms with E-state index in [0.29, 0.717) is 26.3 Å². The summed E-state index contributed by atoms with van der Waals surface area (Å²) in [6.45, 7) is 2.32. The molecule has 1 aliphatic rings. The number of ether oxygens (including phenoxy) is 1. The Labute approximate surface area is 183 Å². The quantitative estimate of drug-likeness (QED) is 0.616. The van der Waals surface area contributed by atoms with Crippen molar-refractivity contribution in [2.75, 3.05) is 33.4 Å². The molecular weight excluding hydrogens is 391 g/mol. The van der Waals surface area contributed by atoms with Crippen molar-refractivity contribution in [1.82, 2.24) is 10.2 Å². The summed E-state index contributed by atoms with van der Waals surface area (Å²) in [5.41, 5.74) is 1.86. The maximum atomic E-state index is 13.9. The van der Waals surface area contributed by atoms with Crippen molar-refractivity contribution < 1.29 is 13.9 Å².